The maximum atomic E-state index is 12.3. The summed E-state index contributed by atoms with van der Waals surface area (Å²) in [6, 6.07) is 7.78. The van der Waals surface area contributed by atoms with Gasteiger partial charge in [0.1, 0.15) is 0 Å². The van der Waals surface area contributed by atoms with Crippen LogP contribution in [-0.2, 0) is 9.53 Å². The second-order valence-electron chi connectivity index (χ2n) is 4.99. The lowest BCUT2D eigenvalue weighted by Gasteiger charge is -2.33. The summed E-state index contributed by atoms with van der Waals surface area (Å²) >= 11 is 3.49. The Morgan fingerprint density at radius 1 is 1.42 bits per heavy atom. The Kier molecular flexibility index (Phi) is 4.60. The molecule has 4 nitrogen and oxygen atoms in total. The molecule has 0 bridgehead atoms. The Morgan fingerprint density at radius 3 is 2.68 bits per heavy atom. The number of nitrogens with one attached hydrogen (secondary N) is 1. The standard InChI is InChI=1S/C14H19BrN2O2/c1-10(11-4-2-3-5-12(11)15)17-13(18)14(16)6-8-19-9-7-14/h2-5,10H,6-9,16H2,1H3,(H,17,18)/t10-/m1/s1. The molecule has 19 heavy (non-hydrogen) atoms. The second kappa shape index (κ2) is 6.03. The van der Waals surface area contributed by atoms with Gasteiger partial charge in [-0.1, -0.05) is 34.1 Å². The minimum absolute atomic E-state index is 0.0775. The highest BCUT2D eigenvalue weighted by atomic mass is 79.9. The van der Waals surface area contributed by atoms with E-state index >= 15 is 0 Å². The SMILES string of the molecule is C[C@@H](NC(=O)C1(N)CCOCC1)c1ccccc1Br. The molecule has 0 spiro atoms. The smallest absolute Gasteiger partial charge is 0.240 e. The van der Waals surface area contributed by atoms with Crippen LogP contribution in [0.1, 0.15) is 31.4 Å². The third kappa shape index (κ3) is 3.35. The van der Waals surface area contributed by atoms with Gasteiger partial charge in [0.25, 0.3) is 0 Å². The van der Waals surface area contributed by atoms with Crippen molar-refractivity contribution in [1.82, 2.24) is 5.32 Å². The summed E-state index contributed by atoms with van der Waals surface area (Å²) in [5.41, 5.74) is 6.41. The van der Waals surface area contributed by atoms with Gasteiger partial charge in [-0.05, 0) is 31.4 Å². The minimum atomic E-state index is -0.798. The first-order valence-corrected chi connectivity index (χ1v) is 7.24. The summed E-state index contributed by atoms with van der Waals surface area (Å²) in [5, 5.41) is 3.00. The fraction of sp³-hybridized carbons (Fsp3) is 0.500. The molecule has 1 aromatic carbocycles. The Balaban J connectivity index is 2.04. The van der Waals surface area contributed by atoms with E-state index in [2.05, 4.69) is 21.2 Å². The van der Waals surface area contributed by atoms with Gasteiger partial charge in [-0.25, -0.2) is 0 Å². The average molecular weight is 327 g/mol. The lowest BCUT2D eigenvalue weighted by Crippen LogP contribution is -2.57. The first kappa shape index (κ1) is 14.5. The lowest BCUT2D eigenvalue weighted by molar-refractivity contribution is -0.130. The fourth-order valence-electron chi connectivity index (χ4n) is 2.21. The molecule has 0 aromatic heterocycles. The Hall–Kier alpha value is -0.910. The van der Waals surface area contributed by atoms with Gasteiger partial charge >= 0.3 is 0 Å². The zero-order valence-electron chi connectivity index (χ0n) is 11.0. The highest BCUT2D eigenvalue weighted by Gasteiger charge is 2.36. The topological polar surface area (TPSA) is 64.4 Å². The molecule has 0 radical (unpaired) electrons. The highest BCUT2D eigenvalue weighted by molar-refractivity contribution is 9.10. The van der Waals surface area contributed by atoms with E-state index in [-0.39, 0.29) is 11.9 Å². The lowest BCUT2D eigenvalue weighted by atomic mass is 9.90. The van der Waals surface area contributed by atoms with E-state index in [0.29, 0.717) is 26.1 Å². The molecule has 1 heterocycles. The van der Waals surface area contributed by atoms with Gasteiger partial charge in [0.15, 0.2) is 0 Å². The molecule has 0 saturated carbocycles. The van der Waals surface area contributed by atoms with Crippen molar-refractivity contribution in [3.8, 4) is 0 Å². The number of benzene rings is 1. The van der Waals surface area contributed by atoms with Crippen LogP contribution < -0.4 is 11.1 Å². The quantitative estimate of drug-likeness (QED) is 0.894. The van der Waals surface area contributed by atoms with Crippen molar-refractivity contribution in [2.45, 2.75) is 31.3 Å². The Bertz CT molecular complexity index is 459. The summed E-state index contributed by atoms with van der Waals surface area (Å²) in [6.45, 7) is 3.06. The summed E-state index contributed by atoms with van der Waals surface area (Å²) < 4.78 is 6.24. The van der Waals surface area contributed by atoms with E-state index in [1.54, 1.807) is 0 Å². The molecule has 1 fully saturated rings. The van der Waals surface area contributed by atoms with E-state index in [0.717, 1.165) is 10.0 Å². The molecule has 1 amide bonds. The average Bonchev–Trinajstić information content (AvgIpc) is 2.40. The second-order valence-corrected chi connectivity index (χ2v) is 5.84. The van der Waals surface area contributed by atoms with Gasteiger partial charge in [-0.3, -0.25) is 4.79 Å². The van der Waals surface area contributed by atoms with Crippen molar-refractivity contribution in [1.29, 1.82) is 0 Å². The largest absolute Gasteiger partial charge is 0.381 e. The summed E-state index contributed by atoms with van der Waals surface area (Å²) in [6.07, 6.45) is 1.14. The first-order chi connectivity index (χ1) is 9.03. The van der Waals surface area contributed by atoms with Crippen molar-refractivity contribution in [3.05, 3.63) is 34.3 Å². The monoisotopic (exact) mass is 326 g/mol. The molecule has 1 aromatic rings. The molecule has 0 aliphatic carbocycles. The number of hydrogen-bond donors (Lipinski definition) is 2. The predicted molar refractivity (Wildman–Crippen MR) is 77.7 cm³/mol. The molecule has 3 N–H and O–H groups in total. The van der Waals surface area contributed by atoms with Crippen LogP contribution in [0.15, 0.2) is 28.7 Å². The maximum absolute atomic E-state index is 12.3. The number of hydrogen-bond acceptors (Lipinski definition) is 3. The maximum Gasteiger partial charge on any atom is 0.240 e. The summed E-state index contributed by atoms with van der Waals surface area (Å²) in [5.74, 6) is -0.0981. The number of carbonyl (C=O) groups is 1. The van der Waals surface area contributed by atoms with Crippen LogP contribution >= 0.6 is 15.9 Å². The van der Waals surface area contributed by atoms with Crippen molar-refractivity contribution in [2.75, 3.05) is 13.2 Å². The Labute approximate surface area is 121 Å². The number of nitrogens with two attached hydrogens (primary N) is 1. The van der Waals surface area contributed by atoms with Crippen molar-refractivity contribution in [2.24, 2.45) is 5.73 Å². The van der Waals surface area contributed by atoms with Crippen LogP contribution in [0.25, 0.3) is 0 Å². The molecule has 104 valence electrons. The molecule has 2 rings (SSSR count). The molecule has 5 heteroatoms. The molecular weight excluding hydrogens is 308 g/mol. The van der Waals surface area contributed by atoms with Crippen molar-refractivity contribution >= 4 is 21.8 Å². The van der Waals surface area contributed by atoms with Gasteiger partial charge in [0.05, 0.1) is 11.6 Å². The van der Waals surface area contributed by atoms with Crippen molar-refractivity contribution < 1.29 is 9.53 Å². The third-order valence-electron chi connectivity index (χ3n) is 3.56. The molecule has 1 atom stereocenters. The summed E-state index contributed by atoms with van der Waals surface area (Å²) in [7, 11) is 0. The van der Waals surface area contributed by atoms with Gasteiger partial charge in [-0.15, -0.1) is 0 Å². The Morgan fingerprint density at radius 2 is 2.05 bits per heavy atom. The molecule has 1 aliphatic heterocycles. The number of carbonyl (C=O) groups excluding carboxylic acids is 1. The molecular formula is C14H19BrN2O2. The van der Waals surface area contributed by atoms with Crippen molar-refractivity contribution in [3.63, 3.8) is 0 Å². The zero-order chi connectivity index (χ0) is 13.9. The van der Waals surface area contributed by atoms with Crippen LogP contribution in [-0.4, -0.2) is 24.7 Å². The predicted octanol–water partition coefficient (Wildman–Crippen LogP) is 2.13. The van der Waals surface area contributed by atoms with Gasteiger partial charge < -0.3 is 15.8 Å². The van der Waals surface area contributed by atoms with E-state index in [1.807, 2.05) is 31.2 Å². The van der Waals surface area contributed by atoms with E-state index < -0.39 is 5.54 Å². The number of halogens is 1. The highest BCUT2D eigenvalue weighted by Crippen LogP contribution is 2.24. The van der Waals surface area contributed by atoms with Crippen LogP contribution in [0.4, 0.5) is 0 Å². The molecule has 0 unspecified atom stereocenters. The normalized spacial score (nSPS) is 19.7. The van der Waals surface area contributed by atoms with Crippen LogP contribution in [0.2, 0.25) is 0 Å². The minimum Gasteiger partial charge on any atom is -0.381 e. The van der Waals surface area contributed by atoms with E-state index in [1.165, 1.54) is 0 Å². The van der Waals surface area contributed by atoms with Gasteiger partial charge in [0, 0.05) is 17.7 Å². The molecule has 1 aliphatic rings. The first-order valence-electron chi connectivity index (χ1n) is 6.45. The van der Waals surface area contributed by atoms with Gasteiger partial charge in [-0.2, -0.15) is 0 Å². The van der Waals surface area contributed by atoms with Crippen LogP contribution in [0.5, 0.6) is 0 Å². The number of rotatable bonds is 3. The van der Waals surface area contributed by atoms with Crippen LogP contribution in [0.3, 0.4) is 0 Å². The molecule has 1 saturated heterocycles. The van der Waals surface area contributed by atoms with Crippen LogP contribution in [0, 0.1) is 0 Å². The fourth-order valence-corrected chi connectivity index (χ4v) is 2.84. The van der Waals surface area contributed by atoms with E-state index in [4.69, 9.17) is 10.5 Å². The summed E-state index contributed by atoms with van der Waals surface area (Å²) in [4.78, 5) is 12.3. The zero-order valence-corrected chi connectivity index (χ0v) is 12.6. The van der Waals surface area contributed by atoms with E-state index in [9.17, 15) is 4.79 Å². The van der Waals surface area contributed by atoms with Gasteiger partial charge in [0.2, 0.25) is 5.91 Å². The third-order valence-corrected chi connectivity index (χ3v) is 4.28. The number of ether oxygens (including phenoxy) is 1. The number of amides is 1.